The van der Waals surface area contributed by atoms with E-state index in [0.717, 1.165) is 31.5 Å². The summed E-state index contributed by atoms with van der Waals surface area (Å²) in [6, 6.07) is 5.50. The third-order valence-electron chi connectivity index (χ3n) is 3.46. The first kappa shape index (κ1) is 14.6. The summed E-state index contributed by atoms with van der Waals surface area (Å²) in [7, 11) is 1.81. The molecule has 104 valence electrons. The first-order valence-electron chi connectivity index (χ1n) is 6.48. The van der Waals surface area contributed by atoms with Gasteiger partial charge in [0.05, 0.1) is 16.0 Å². The number of halogens is 2. The smallest absolute Gasteiger partial charge is 0.227 e. The number of hydrogen-bond donors (Lipinski definition) is 1. The first-order valence-corrected chi connectivity index (χ1v) is 7.23. The number of piperidine rings is 1. The van der Waals surface area contributed by atoms with Crippen LogP contribution in [0.5, 0.6) is 0 Å². The summed E-state index contributed by atoms with van der Waals surface area (Å²) in [5, 5.41) is 4.32. The van der Waals surface area contributed by atoms with Crippen molar-refractivity contribution in [2.24, 2.45) is 5.92 Å². The fourth-order valence-corrected chi connectivity index (χ4v) is 2.76. The maximum atomic E-state index is 12.3. The number of hydrogen-bond acceptors (Lipinski definition) is 2. The number of carbonyl (C=O) groups excluding carboxylic acids is 1. The highest BCUT2D eigenvalue weighted by molar-refractivity contribution is 6.42. The van der Waals surface area contributed by atoms with Gasteiger partial charge in [-0.05, 0) is 31.0 Å². The van der Waals surface area contributed by atoms with Crippen molar-refractivity contribution >= 4 is 29.1 Å². The van der Waals surface area contributed by atoms with Crippen LogP contribution >= 0.6 is 23.2 Å². The van der Waals surface area contributed by atoms with Crippen LogP contribution in [0.3, 0.4) is 0 Å². The average Bonchev–Trinajstić information content (AvgIpc) is 2.44. The number of benzene rings is 1. The molecule has 1 unspecified atom stereocenters. The van der Waals surface area contributed by atoms with E-state index in [4.69, 9.17) is 23.2 Å². The van der Waals surface area contributed by atoms with Crippen molar-refractivity contribution in [3.8, 4) is 0 Å². The second-order valence-corrected chi connectivity index (χ2v) is 5.74. The maximum Gasteiger partial charge on any atom is 0.227 e. The van der Waals surface area contributed by atoms with E-state index in [1.54, 1.807) is 11.0 Å². The van der Waals surface area contributed by atoms with E-state index >= 15 is 0 Å². The molecule has 0 aliphatic carbocycles. The molecule has 5 heteroatoms. The van der Waals surface area contributed by atoms with Crippen LogP contribution in [0, 0.1) is 5.92 Å². The van der Waals surface area contributed by atoms with Crippen LogP contribution in [0.15, 0.2) is 18.2 Å². The largest absolute Gasteiger partial charge is 0.341 e. The highest BCUT2D eigenvalue weighted by atomic mass is 35.5. The average molecular weight is 301 g/mol. The summed E-state index contributed by atoms with van der Waals surface area (Å²) < 4.78 is 0. The Morgan fingerprint density at radius 3 is 2.95 bits per heavy atom. The molecule has 1 saturated heterocycles. The molecule has 1 heterocycles. The van der Waals surface area contributed by atoms with Crippen LogP contribution < -0.4 is 5.32 Å². The van der Waals surface area contributed by atoms with Gasteiger partial charge in [-0.25, -0.2) is 0 Å². The standard InChI is InChI=1S/C14H18Cl2N2O/c1-18(14(19)10-5-3-7-17-8-10)9-11-4-2-6-12(15)13(11)16/h2,4,6,10,17H,3,5,7-9H2,1H3. The minimum absolute atomic E-state index is 0.0803. The molecule has 2 rings (SSSR count). The third kappa shape index (κ3) is 3.62. The van der Waals surface area contributed by atoms with Gasteiger partial charge >= 0.3 is 0 Å². The van der Waals surface area contributed by atoms with Gasteiger partial charge in [-0.1, -0.05) is 35.3 Å². The Bertz CT molecular complexity index is 459. The Morgan fingerprint density at radius 1 is 1.47 bits per heavy atom. The molecule has 3 nitrogen and oxygen atoms in total. The number of carbonyl (C=O) groups is 1. The molecule has 1 N–H and O–H groups in total. The number of nitrogens with one attached hydrogen (secondary N) is 1. The molecule has 1 aromatic carbocycles. The molecule has 19 heavy (non-hydrogen) atoms. The molecule has 1 aliphatic heterocycles. The summed E-state index contributed by atoms with van der Waals surface area (Å²) >= 11 is 12.1. The normalized spacial score (nSPS) is 19.2. The van der Waals surface area contributed by atoms with E-state index in [9.17, 15) is 4.79 Å². The van der Waals surface area contributed by atoms with Crippen LogP contribution in [0.4, 0.5) is 0 Å². The molecule has 0 radical (unpaired) electrons. The van der Waals surface area contributed by atoms with E-state index in [-0.39, 0.29) is 11.8 Å². The third-order valence-corrected chi connectivity index (χ3v) is 4.32. The van der Waals surface area contributed by atoms with Gasteiger partial charge in [-0.2, -0.15) is 0 Å². The predicted molar refractivity (Wildman–Crippen MR) is 78.5 cm³/mol. The molecular weight excluding hydrogens is 283 g/mol. The van der Waals surface area contributed by atoms with Crippen molar-refractivity contribution in [2.75, 3.05) is 20.1 Å². The lowest BCUT2D eigenvalue weighted by atomic mass is 9.98. The molecule has 0 bridgehead atoms. The van der Waals surface area contributed by atoms with Gasteiger partial charge in [-0.15, -0.1) is 0 Å². The molecule has 0 saturated carbocycles. The lowest BCUT2D eigenvalue weighted by Gasteiger charge is -2.27. The van der Waals surface area contributed by atoms with Gasteiger partial charge < -0.3 is 10.2 Å². The fraction of sp³-hybridized carbons (Fsp3) is 0.500. The highest BCUT2D eigenvalue weighted by Gasteiger charge is 2.24. The SMILES string of the molecule is CN(Cc1cccc(Cl)c1Cl)C(=O)C1CCCNC1. The van der Waals surface area contributed by atoms with Crippen LogP contribution in [-0.4, -0.2) is 30.9 Å². The Balaban J connectivity index is 2.01. The van der Waals surface area contributed by atoms with E-state index < -0.39 is 0 Å². The topological polar surface area (TPSA) is 32.3 Å². The fourth-order valence-electron chi connectivity index (χ4n) is 2.38. The molecule has 1 atom stereocenters. The van der Waals surface area contributed by atoms with E-state index in [2.05, 4.69) is 5.32 Å². The molecule has 0 spiro atoms. The summed E-state index contributed by atoms with van der Waals surface area (Å²) in [4.78, 5) is 14.0. The van der Waals surface area contributed by atoms with Gasteiger partial charge in [-0.3, -0.25) is 4.79 Å². The first-order chi connectivity index (χ1) is 9.09. The maximum absolute atomic E-state index is 12.3. The molecule has 1 aliphatic rings. The highest BCUT2D eigenvalue weighted by Crippen LogP contribution is 2.26. The van der Waals surface area contributed by atoms with Crippen molar-refractivity contribution in [2.45, 2.75) is 19.4 Å². The number of rotatable bonds is 3. The Labute approximate surface area is 123 Å². The monoisotopic (exact) mass is 300 g/mol. The lowest BCUT2D eigenvalue weighted by Crippen LogP contribution is -2.41. The zero-order chi connectivity index (χ0) is 13.8. The van der Waals surface area contributed by atoms with Crippen molar-refractivity contribution in [3.05, 3.63) is 33.8 Å². The van der Waals surface area contributed by atoms with E-state index in [0.29, 0.717) is 16.6 Å². The minimum Gasteiger partial charge on any atom is -0.341 e. The van der Waals surface area contributed by atoms with Crippen molar-refractivity contribution < 1.29 is 4.79 Å². The zero-order valence-corrected chi connectivity index (χ0v) is 12.5. The van der Waals surface area contributed by atoms with Crippen LogP contribution in [-0.2, 0) is 11.3 Å². The zero-order valence-electron chi connectivity index (χ0n) is 11.0. The van der Waals surface area contributed by atoms with Gasteiger partial charge in [0.25, 0.3) is 0 Å². The summed E-state index contributed by atoms with van der Waals surface area (Å²) in [6.45, 7) is 2.27. The second-order valence-electron chi connectivity index (χ2n) is 4.95. The minimum atomic E-state index is 0.0803. The second kappa shape index (κ2) is 6.60. The van der Waals surface area contributed by atoms with Crippen molar-refractivity contribution in [1.29, 1.82) is 0 Å². The molecule has 1 aromatic rings. The van der Waals surface area contributed by atoms with Crippen LogP contribution in [0.1, 0.15) is 18.4 Å². The van der Waals surface area contributed by atoms with Gasteiger partial charge in [0.2, 0.25) is 5.91 Å². The Hall–Kier alpha value is -0.770. The Kier molecular flexibility index (Phi) is 5.08. The Morgan fingerprint density at radius 2 is 2.26 bits per heavy atom. The van der Waals surface area contributed by atoms with Gasteiger partial charge in [0, 0.05) is 20.1 Å². The summed E-state index contributed by atoms with van der Waals surface area (Å²) in [6.07, 6.45) is 2.02. The predicted octanol–water partition coefficient (Wildman–Crippen LogP) is 2.95. The molecule has 1 amide bonds. The molecule has 0 aromatic heterocycles. The quantitative estimate of drug-likeness (QED) is 0.931. The molecular formula is C14H18Cl2N2O. The van der Waals surface area contributed by atoms with Gasteiger partial charge in [0.15, 0.2) is 0 Å². The number of amides is 1. The van der Waals surface area contributed by atoms with Crippen molar-refractivity contribution in [3.63, 3.8) is 0 Å². The molecule has 1 fully saturated rings. The van der Waals surface area contributed by atoms with Crippen LogP contribution in [0.25, 0.3) is 0 Å². The number of nitrogens with zero attached hydrogens (tertiary/aromatic N) is 1. The van der Waals surface area contributed by atoms with Crippen LogP contribution in [0.2, 0.25) is 10.0 Å². The van der Waals surface area contributed by atoms with E-state index in [1.807, 2.05) is 19.2 Å². The van der Waals surface area contributed by atoms with E-state index in [1.165, 1.54) is 0 Å². The lowest BCUT2D eigenvalue weighted by molar-refractivity contribution is -0.135. The summed E-state index contributed by atoms with van der Waals surface area (Å²) in [5.74, 6) is 0.250. The van der Waals surface area contributed by atoms with Gasteiger partial charge in [0.1, 0.15) is 0 Å². The summed E-state index contributed by atoms with van der Waals surface area (Å²) in [5.41, 5.74) is 0.883. The van der Waals surface area contributed by atoms with Crippen molar-refractivity contribution in [1.82, 2.24) is 10.2 Å².